The van der Waals surface area contributed by atoms with E-state index in [2.05, 4.69) is 30.3 Å². The second kappa shape index (κ2) is 13.0. The van der Waals surface area contributed by atoms with Gasteiger partial charge in [0, 0.05) is 38.3 Å². The van der Waals surface area contributed by atoms with E-state index in [1.54, 1.807) is 18.3 Å². The molecular weight excluding hydrogens is 546 g/mol. The van der Waals surface area contributed by atoms with E-state index in [4.69, 9.17) is 9.72 Å². The maximum absolute atomic E-state index is 12.5. The fourth-order valence-corrected chi connectivity index (χ4v) is 4.75. The van der Waals surface area contributed by atoms with Crippen LogP contribution in [0.4, 0.5) is 29.2 Å². The molecule has 0 spiro atoms. The lowest BCUT2D eigenvalue weighted by Gasteiger charge is -2.30. The van der Waals surface area contributed by atoms with Crippen LogP contribution in [0, 0.1) is 20.2 Å². The first-order valence-corrected chi connectivity index (χ1v) is 13.7. The Balaban J connectivity index is 1.26. The summed E-state index contributed by atoms with van der Waals surface area (Å²) in [5, 5.41) is 26.5. The van der Waals surface area contributed by atoms with Crippen molar-refractivity contribution in [2.75, 3.05) is 41.4 Å². The average molecular weight is 576 g/mol. The van der Waals surface area contributed by atoms with Gasteiger partial charge in [-0.15, -0.1) is 0 Å². The largest absolute Gasteiger partial charge is 0.423 e. The van der Waals surface area contributed by atoms with Crippen molar-refractivity contribution >= 4 is 41.4 Å². The smallest absolute Gasteiger partial charge is 0.344 e. The Bertz CT molecular complexity index is 1420. The van der Waals surface area contributed by atoms with Crippen molar-refractivity contribution in [3.05, 3.63) is 73.8 Å². The van der Waals surface area contributed by atoms with E-state index in [9.17, 15) is 25.0 Å². The Morgan fingerprint density at radius 1 is 0.810 bits per heavy atom. The molecule has 15 nitrogen and oxygen atoms in total. The number of carbonyl (C=O) groups excluding carboxylic acids is 1. The number of non-ortho nitro benzene ring substituents is 2. The maximum atomic E-state index is 12.5. The molecule has 15 heteroatoms. The zero-order chi connectivity index (χ0) is 29.5. The van der Waals surface area contributed by atoms with Crippen LogP contribution >= 0.6 is 0 Å². The van der Waals surface area contributed by atoms with E-state index < -0.39 is 27.2 Å². The number of nitrogens with one attached hydrogen (secondary N) is 1. The molecule has 1 N–H and O–H groups in total. The molecule has 42 heavy (non-hydrogen) atoms. The van der Waals surface area contributed by atoms with Gasteiger partial charge in [-0.3, -0.25) is 20.2 Å². The molecule has 2 aliphatic rings. The summed E-state index contributed by atoms with van der Waals surface area (Å²) in [6.45, 7) is 3.62. The molecule has 2 aromatic carbocycles. The number of hydrazone groups is 1. The first-order valence-electron chi connectivity index (χ1n) is 13.7. The van der Waals surface area contributed by atoms with Crippen molar-refractivity contribution in [3.8, 4) is 5.75 Å². The van der Waals surface area contributed by atoms with Gasteiger partial charge in [0.25, 0.3) is 11.4 Å². The van der Waals surface area contributed by atoms with E-state index in [1.165, 1.54) is 25.0 Å². The SMILES string of the molecule is O=C(Oc1ccc(/C=N/Nc2nc(N3CCCCC3)nc(N3CCCCC3)n2)cc1)c1cc([N+](=O)[O-])cc([N+](=O)[O-])c1. The minimum atomic E-state index is -0.964. The number of nitro groups is 2. The highest BCUT2D eigenvalue weighted by Gasteiger charge is 2.22. The monoisotopic (exact) mass is 575 g/mol. The summed E-state index contributed by atoms with van der Waals surface area (Å²) < 4.78 is 5.26. The molecule has 2 saturated heterocycles. The summed E-state index contributed by atoms with van der Waals surface area (Å²) in [4.78, 5) is 51.4. The van der Waals surface area contributed by atoms with Gasteiger partial charge in [-0.25, -0.2) is 10.2 Å². The predicted molar refractivity (Wildman–Crippen MR) is 154 cm³/mol. The minimum absolute atomic E-state index is 0.147. The lowest BCUT2D eigenvalue weighted by molar-refractivity contribution is -0.394. The number of aromatic nitrogens is 3. The second-order valence-electron chi connectivity index (χ2n) is 9.94. The Kier molecular flexibility index (Phi) is 8.75. The molecule has 0 radical (unpaired) electrons. The van der Waals surface area contributed by atoms with Gasteiger partial charge >= 0.3 is 5.97 Å². The van der Waals surface area contributed by atoms with Gasteiger partial charge in [-0.2, -0.15) is 20.1 Å². The Hall–Kier alpha value is -5.21. The number of ether oxygens (including phenoxy) is 1. The van der Waals surface area contributed by atoms with Crippen LogP contribution in [0.2, 0.25) is 0 Å². The predicted octanol–water partition coefficient (Wildman–Crippen LogP) is 4.33. The van der Waals surface area contributed by atoms with Gasteiger partial charge < -0.3 is 14.5 Å². The van der Waals surface area contributed by atoms with Gasteiger partial charge in [0.2, 0.25) is 17.8 Å². The molecule has 0 aliphatic carbocycles. The summed E-state index contributed by atoms with van der Waals surface area (Å²) in [5.41, 5.74) is 2.11. The topological polar surface area (TPSA) is 182 Å². The number of anilines is 3. The Labute approximate surface area is 240 Å². The van der Waals surface area contributed by atoms with E-state index >= 15 is 0 Å². The zero-order valence-corrected chi connectivity index (χ0v) is 22.7. The molecule has 0 saturated carbocycles. The van der Waals surface area contributed by atoms with Gasteiger partial charge in [-0.05, 0) is 68.4 Å². The lowest BCUT2D eigenvalue weighted by Crippen LogP contribution is -2.34. The van der Waals surface area contributed by atoms with Crippen molar-refractivity contribution < 1.29 is 19.4 Å². The van der Waals surface area contributed by atoms with E-state index in [0.29, 0.717) is 23.4 Å². The Morgan fingerprint density at radius 2 is 1.33 bits per heavy atom. The maximum Gasteiger partial charge on any atom is 0.344 e. The summed E-state index contributed by atoms with van der Waals surface area (Å²) >= 11 is 0. The summed E-state index contributed by atoms with van der Waals surface area (Å²) in [5.74, 6) is 0.813. The van der Waals surface area contributed by atoms with Gasteiger partial charge in [0.05, 0.1) is 27.7 Å². The molecule has 0 bridgehead atoms. The van der Waals surface area contributed by atoms with Crippen LogP contribution in [0.3, 0.4) is 0 Å². The number of carbonyl (C=O) groups is 1. The van der Waals surface area contributed by atoms with Crippen LogP contribution in [-0.4, -0.2) is 63.2 Å². The zero-order valence-electron chi connectivity index (χ0n) is 22.7. The number of rotatable bonds is 9. The highest BCUT2D eigenvalue weighted by atomic mass is 16.6. The number of benzene rings is 2. The number of esters is 1. The first kappa shape index (κ1) is 28.3. The number of piperidine rings is 2. The number of nitro benzene ring substituents is 2. The highest BCUT2D eigenvalue weighted by Crippen LogP contribution is 2.25. The molecule has 3 aromatic rings. The van der Waals surface area contributed by atoms with Crippen LogP contribution in [0.15, 0.2) is 47.6 Å². The third-order valence-electron chi connectivity index (χ3n) is 6.92. The standard InChI is InChI=1S/C27H29N9O6/c37-24(20-15-21(35(38)39)17-22(16-20)36(40)41)42-23-9-7-19(8-10-23)18-28-32-25-29-26(33-11-3-1-4-12-33)31-27(30-25)34-13-5-2-6-14-34/h7-10,15-18H,1-6,11-14H2,(H,29,30,31,32)/b28-18+. The number of hydrogen-bond acceptors (Lipinski definition) is 13. The van der Waals surface area contributed by atoms with Crippen LogP contribution in [0.5, 0.6) is 5.75 Å². The molecule has 3 heterocycles. The Morgan fingerprint density at radius 3 is 1.83 bits per heavy atom. The van der Waals surface area contributed by atoms with E-state index in [1.807, 2.05) is 0 Å². The van der Waals surface area contributed by atoms with E-state index in [-0.39, 0.29) is 11.3 Å². The average Bonchev–Trinajstić information content (AvgIpc) is 3.02. The molecule has 5 rings (SSSR count). The van der Waals surface area contributed by atoms with Crippen LogP contribution < -0.4 is 20.0 Å². The van der Waals surface area contributed by atoms with Crippen molar-refractivity contribution in [2.24, 2.45) is 5.10 Å². The first-order chi connectivity index (χ1) is 20.4. The third-order valence-corrected chi connectivity index (χ3v) is 6.92. The van der Waals surface area contributed by atoms with Crippen LogP contribution in [0.25, 0.3) is 0 Å². The van der Waals surface area contributed by atoms with Crippen molar-refractivity contribution in [2.45, 2.75) is 38.5 Å². The van der Waals surface area contributed by atoms with Crippen LogP contribution in [-0.2, 0) is 0 Å². The molecular formula is C27H29N9O6. The van der Waals surface area contributed by atoms with Crippen molar-refractivity contribution in [1.29, 1.82) is 0 Å². The minimum Gasteiger partial charge on any atom is -0.423 e. The number of hydrogen-bond donors (Lipinski definition) is 1. The van der Waals surface area contributed by atoms with Crippen molar-refractivity contribution in [1.82, 2.24) is 15.0 Å². The molecule has 218 valence electrons. The summed E-state index contributed by atoms with van der Waals surface area (Å²) in [6, 6.07) is 8.95. The van der Waals surface area contributed by atoms with Crippen molar-refractivity contribution in [3.63, 3.8) is 0 Å². The molecule has 1 aromatic heterocycles. The summed E-state index contributed by atoms with van der Waals surface area (Å²) in [7, 11) is 0. The fourth-order valence-electron chi connectivity index (χ4n) is 4.75. The lowest BCUT2D eigenvalue weighted by atomic mass is 10.1. The molecule has 2 fully saturated rings. The van der Waals surface area contributed by atoms with Gasteiger partial charge in [0.15, 0.2) is 0 Å². The molecule has 0 amide bonds. The summed E-state index contributed by atoms with van der Waals surface area (Å²) in [6.07, 6.45) is 8.35. The number of nitrogens with zero attached hydrogens (tertiary/aromatic N) is 8. The molecule has 2 aliphatic heterocycles. The molecule has 0 unspecified atom stereocenters. The molecule has 0 atom stereocenters. The quantitative estimate of drug-likeness (QED) is 0.125. The van der Waals surface area contributed by atoms with E-state index in [0.717, 1.165) is 70.1 Å². The van der Waals surface area contributed by atoms with Gasteiger partial charge in [-0.1, -0.05) is 0 Å². The van der Waals surface area contributed by atoms with Gasteiger partial charge in [0.1, 0.15) is 5.75 Å². The second-order valence-corrected chi connectivity index (χ2v) is 9.94. The highest BCUT2D eigenvalue weighted by molar-refractivity contribution is 5.92. The van der Waals surface area contributed by atoms with Crippen LogP contribution in [0.1, 0.15) is 54.4 Å². The third kappa shape index (κ3) is 7.10. The normalized spacial score (nSPS) is 15.4. The fraction of sp³-hybridized carbons (Fsp3) is 0.370.